The van der Waals surface area contributed by atoms with E-state index in [1.807, 2.05) is 6.92 Å². The Labute approximate surface area is 200 Å². The Morgan fingerprint density at radius 1 is 1.18 bits per heavy atom. The lowest BCUT2D eigenvalue weighted by Gasteiger charge is -2.35. The van der Waals surface area contributed by atoms with Gasteiger partial charge < -0.3 is 19.4 Å². The highest BCUT2D eigenvalue weighted by atomic mass is 32.1. The summed E-state index contributed by atoms with van der Waals surface area (Å²) in [5, 5.41) is 13.4. The van der Waals surface area contributed by atoms with E-state index in [0.29, 0.717) is 38.6 Å². The summed E-state index contributed by atoms with van der Waals surface area (Å²) in [4.78, 5) is 25.1. The topological polar surface area (TPSA) is 93.2 Å². The third kappa shape index (κ3) is 3.74. The highest BCUT2D eigenvalue weighted by Crippen LogP contribution is 2.38. The van der Waals surface area contributed by atoms with Crippen LogP contribution in [0, 0.1) is 0 Å². The minimum atomic E-state index is -0.244. The molecule has 10 nitrogen and oxygen atoms in total. The third-order valence-corrected chi connectivity index (χ3v) is 7.90. The summed E-state index contributed by atoms with van der Waals surface area (Å²) in [6, 6.07) is 10.7. The molecule has 0 radical (unpaired) electrons. The second kappa shape index (κ2) is 8.80. The van der Waals surface area contributed by atoms with Gasteiger partial charge in [-0.05, 0) is 22.9 Å². The molecule has 0 spiro atoms. The fraction of sp³-hybridized carbons (Fsp3) is 0.435. The van der Waals surface area contributed by atoms with Gasteiger partial charge in [-0.25, -0.2) is 4.79 Å². The zero-order valence-electron chi connectivity index (χ0n) is 19.1. The summed E-state index contributed by atoms with van der Waals surface area (Å²) in [7, 11) is 0. The number of amides is 1. The Morgan fingerprint density at radius 3 is 2.79 bits per heavy atom. The smallest absolute Gasteiger partial charge is 0.409 e. The summed E-state index contributed by atoms with van der Waals surface area (Å²) in [5.74, 6) is 1.45. The quantitative estimate of drug-likeness (QED) is 0.469. The molecular formula is C23H27N8O2S+. The molecule has 2 aliphatic heterocycles. The van der Waals surface area contributed by atoms with Crippen molar-refractivity contribution in [1.82, 2.24) is 29.9 Å². The molecule has 0 saturated carbocycles. The minimum absolute atomic E-state index is 0.244. The normalized spacial score (nSPS) is 18.4. The maximum Gasteiger partial charge on any atom is 0.409 e. The van der Waals surface area contributed by atoms with Gasteiger partial charge in [0.1, 0.15) is 23.7 Å². The van der Waals surface area contributed by atoms with Crippen LogP contribution in [-0.4, -0.2) is 75.3 Å². The Kier molecular flexibility index (Phi) is 5.50. The molecule has 1 atom stereocenters. The lowest BCUT2D eigenvalue weighted by Crippen LogP contribution is -3.10. The number of carbonyl (C=O) groups is 1. The van der Waals surface area contributed by atoms with E-state index in [2.05, 4.69) is 50.8 Å². The maximum absolute atomic E-state index is 12.1. The van der Waals surface area contributed by atoms with Crippen molar-refractivity contribution in [3.63, 3.8) is 0 Å². The number of quaternary nitrogens is 1. The van der Waals surface area contributed by atoms with Crippen molar-refractivity contribution in [3.05, 3.63) is 46.3 Å². The van der Waals surface area contributed by atoms with Gasteiger partial charge in [0.05, 0.1) is 23.4 Å². The summed E-state index contributed by atoms with van der Waals surface area (Å²) in [5.41, 5.74) is 2.75. The summed E-state index contributed by atoms with van der Waals surface area (Å²) < 4.78 is 6.95. The number of rotatable bonds is 4. The number of benzene rings is 1. The molecule has 5 heterocycles. The molecule has 176 valence electrons. The van der Waals surface area contributed by atoms with Gasteiger partial charge in [0, 0.05) is 38.2 Å². The zero-order chi connectivity index (χ0) is 23.1. The van der Waals surface area contributed by atoms with Gasteiger partial charge in [-0.3, -0.25) is 0 Å². The molecule has 2 aliphatic rings. The van der Waals surface area contributed by atoms with Crippen molar-refractivity contribution in [1.29, 1.82) is 0 Å². The van der Waals surface area contributed by atoms with Crippen molar-refractivity contribution in [3.8, 4) is 0 Å². The number of thiophene rings is 1. The number of nitrogens with one attached hydrogen (secondary N) is 1. The Balaban J connectivity index is 1.32. The molecule has 1 fully saturated rings. The lowest BCUT2D eigenvalue weighted by molar-refractivity contribution is -0.929. The first-order chi connectivity index (χ1) is 16.7. The van der Waals surface area contributed by atoms with E-state index in [1.165, 1.54) is 21.4 Å². The number of piperazine rings is 1. The first-order valence-corrected chi connectivity index (χ1v) is 12.6. The van der Waals surface area contributed by atoms with Gasteiger partial charge in [-0.1, -0.05) is 35.4 Å². The van der Waals surface area contributed by atoms with E-state index in [9.17, 15) is 4.79 Å². The molecule has 34 heavy (non-hydrogen) atoms. The predicted molar refractivity (Wildman–Crippen MR) is 128 cm³/mol. The van der Waals surface area contributed by atoms with Crippen molar-refractivity contribution >= 4 is 39.2 Å². The minimum Gasteiger partial charge on any atom is -0.450 e. The summed E-state index contributed by atoms with van der Waals surface area (Å²) >= 11 is 1.79. The van der Waals surface area contributed by atoms with Crippen LogP contribution in [0.1, 0.15) is 22.9 Å². The van der Waals surface area contributed by atoms with Gasteiger partial charge in [0.25, 0.3) is 5.78 Å². The number of carbonyl (C=O) groups excluding carboxylic acids is 1. The number of nitrogens with zero attached hydrogens (tertiary/aromatic N) is 7. The van der Waals surface area contributed by atoms with Crippen LogP contribution in [0.5, 0.6) is 0 Å². The fourth-order valence-corrected chi connectivity index (χ4v) is 6.37. The average molecular weight is 480 g/mol. The molecule has 1 amide bonds. The van der Waals surface area contributed by atoms with Crippen LogP contribution in [0.2, 0.25) is 0 Å². The summed E-state index contributed by atoms with van der Waals surface area (Å²) in [6.45, 7) is 7.94. The molecule has 11 heteroatoms. The Hall–Kier alpha value is -3.31. The van der Waals surface area contributed by atoms with Gasteiger partial charge in [-0.15, -0.1) is 11.3 Å². The number of fused-ring (bicyclic) bond motifs is 5. The molecule has 0 bridgehead atoms. The van der Waals surface area contributed by atoms with Gasteiger partial charge in [0.2, 0.25) is 0 Å². The maximum atomic E-state index is 12.1. The molecule has 1 N–H and O–H groups in total. The molecule has 1 saturated heterocycles. The number of ether oxygens (including phenoxy) is 1. The number of anilines is 1. The largest absolute Gasteiger partial charge is 0.450 e. The lowest BCUT2D eigenvalue weighted by atomic mass is 10.0. The monoisotopic (exact) mass is 479 g/mol. The molecular weight excluding hydrogens is 452 g/mol. The number of hydrogen-bond donors (Lipinski definition) is 1. The van der Waals surface area contributed by atoms with Crippen molar-refractivity contribution in [2.45, 2.75) is 26.4 Å². The molecule has 4 aromatic rings. The van der Waals surface area contributed by atoms with Gasteiger partial charge in [-0.2, -0.15) is 9.50 Å². The predicted octanol–water partition coefficient (Wildman–Crippen LogP) is 1.15. The second-order valence-corrected chi connectivity index (χ2v) is 9.86. The van der Waals surface area contributed by atoms with E-state index in [0.717, 1.165) is 36.7 Å². The standard InChI is InChI=1S/C23H26N8O2S/c1-2-33-23(32)30-12-10-29(11-13-30)20-19-17-8-9-28(14-16-6-4-3-5-7-16)15-18(17)34-21(19)31-22(24-20)25-26-27-31/h3-7H,2,8-15H2,1H3/p+1. The highest BCUT2D eigenvalue weighted by molar-refractivity contribution is 7.19. The van der Waals surface area contributed by atoms with Crippen molar-refractivity contribution < 1.29 is 14.4 Å². The van der Waals surface area contributed by atoms with Gasteiger partial charge >= 0.3 is 6.09 Å². The zero-order valence-corrected chi connectivity index (χ0v) is 19.9. The van der Waals surface area contributed by atoms with Crippen LogP contribution >= 0.6 is 11.3 Å². The molecule has 1 unspecified atom stereocenters. The van der Waals surface area contributed by atoms with Crippen molar-refractivity contribution in [2.75, 3.05) is 44.2 Å². The molecule has 1 aromatic carbocycles. The van der Waals surface area contributed by atoms with E-state index in [-0.39, 0.29) is 6.09 Å². The Bertz CT molecular complexity index is 1330. The van der Waals surface area contributed by atoms with Crippen LogP contribution in [0.4, 0.5) is 10.6 Å². The van der Waals surface area contributed by atoms with Crippen LogP contribution < -0.4 is 9.80 Å². The van der Waals surface area contributed by atoms with Crippen LogP contribution in [-0.2, 0) is 24.2 Å². The van der Waals surface area contributed by atoms with E-state index in [1.54, 1.807) is 25.7 Å². The highest BCUT2D eigenvalue weighted by Gasteiger charge is 2.31. The van der Waals surface area contributed by atoms with E-state index >= 15 is 0 Å². The summed E-state index contributed by atoms with van der Waals surface area (Å²) in [6.07, 6.45) is 0.759. The second-order valence-electron chi connectivity index (χ2n) is 8.77. The van der Waals surface area contributed by atoms with E-state index < -0.39 is 0 Å². The van der Waals surface area contributed by atoms with Crippen LogP contribution in [0.15, 0.2) is 30.3 Å². The van der Waals surface area contributed by atoms with Crippen LogP contribution in [0.3, 0.4) is 0 Å². The molecule has 3 aromatic heterocycles. The average Bonchev–Trinajstić information content (AvgIpc) is 3.49. The van der Waals surface area contributed by atoms with E-state index in [4.69, 9.17) is 9.72 Å². The van der Waals surface area contributed by atoms with Crippen LogP contribution in [0.25, 0.3) is 16.0 Å². The molecule has 6 rings (SSSR count). The van der Waals surface area contributed by atoms with Crippen molar-refractivity contribution in [2.24, 2.45) is 0 Å². The number of aromatic nitrogens is 5. The fourth-order valence-electron chi connectivity index (χ4n) is 5.02. The number of tetrazole rings is 1. The first-order valence-electron chi connectivity index (χ1n) is 11.8. The van der Waals surface area contributed by atoms with Gasteiger partial charge in [0.15, 0.2) is 0 Å². The SMILES string of the molecule is CCOC(=O)N1CCN(c2nc3nnnn3c3sc4c(c23)CC[NH+](Cc2ccccc2)C4)CC1. The third-order valence-electron chi connectivity index (χ3n) is 6.69. The molecule has 0 aliphatic carbocycles. The first kappa shape index (κ1) is 21.2. The Morgan fingerprint density at radius 2 is 2.00 bits per heavy atom. The number of hydrogen-bond acceptors (Lipinski definition) is 8.